The number of nitrogens with one attached hydrogen (secondary N) is 1. The van der Waals surface area contributed by atoms with Gasteiger partial charge in [0, 0.05) is 11.6 Å². The van der Waals surface area contributed by atoms with Crippen molar-refractivity contribution in [1.82, 2.24) is 15.1 Å². The van der Waals surface area contributed by atoms with Crippen molar-refractivity contribution in [2.45, 2.75) is 40.2 Å². The Balaban J connectivity index is 2.09. The third-order valence-corrected chi connectivity index (χ3v) is 4.90. The molecule has 1 aromatic heterocycles. The van der Waals surface area contributed by atoms with Crippen LogP contribution in [0.5, 0.6) is 5.75 Å². The summed E-state index contributed by atoms with van der Waals surface area (Å²) in [7, 11) is 1.64. The molecular weight excluding hydrogens is 350 g/mol. The first kappa shape index (κ1) is 19.7. The van der Waals surface area contributed by atoms with E-state index in [9.17, 15) is 4.79 Å². The highest BCUT2D eigenvalue weighted by molar-refractivity contribution is 5.94. The number of nitrogens with zero attached hydrogens (tertiary/aromatic N) is 2. The quantitative estimate of drug-likeness (QED) is 0.678. The second kappa shape index (κ2) is 8.30. The Hall–Kier alpha value is -3.08. The molecule has 5 nitrogen and oxygen atoms in total. The number of carbonyl (C=O) groups excluding carboxylic acids is 1. The zero-order valence-electron chi connectivity index (χ0n) is 17.1. The van der Waals surface area contributed by atoms with Gasteiger partial charge in [-0.05, 0) is 69.2 Å². The molecule has 0 radical (unpaired) electrons. The van der Waals surface area contributed by atoms with Crippen LogP contribution in [0.15, 0.2) is 48.5 Å². The van der Waals surface area contributed by atoms with Crippen LogP contribution in [0.1, 0.15) is 41.9 Å². The van der Waals surface area contributed by atoms with Gasteiger partial charge in [-0.25, -0.2) is 4.68 Å². The first-order chi connectivity index (χ1) is 13.4. The zero-order valence-corrected chi connectivity index (χ0v) is 17.1. The minimum atomic E-state index is -0.124. The monoisotopic (exact) mass is 377 g/mol. The van der Waals surface area contributed by atoms with Crippen molar-refractivity contribution < 1.29 is 9.53 Å². The number of rotatable bonds is 6. The molecule has 0 aliphatic carbocycles. The number of amides is 1. The van der Waals surface area contributed by atoms with E-state index in [2.05, 4.69) is 25.2 Å². The van der Waals surface area contributed by atoms with Crippen LogP contribution in [-0.2, 0) is 0 Å². The van der Waals surface area contributed by atoms with E-state index in [-0.39, 0.29) is 11.9 Å². The van der Waals surface area contributed by atoms with E-state index >= 15 is 0 Å². The van der Waals surface area contributed by atoms with E-state index in [1.165, 1.54) is 5.56 Å². The van der Waals surface area contributed by atoms with E-state index in [0.717, 1.165) is 34.7 Å². The van der Waals surface area contributed by atoms with E-state index in [1.54, 1.807) is 11.8 Å². The highest BCUT2D eigenvalue weighted by Crippen LogP contribution is 2.25. The molecule has 0 bridgehead atoms. The van der Waals surface area contributed by atoms with Crippen LogP contribution in [0.2, 0.25) is 0 Å². The number of hydrogen-bond acceptors (Lipinski definition) is 3. The predicted octanol–water partition coefficient (Wildman–Crippen LogP) is 4.69. The van der Waals surface area contributed by atoms with Gasteiger partial charge in [0.05, 0.1) is 18.5 Å². The molecule has 0 fully saturated rings. The second-order valence-electron chi connectivity index (χ2n) is 7.13. The van der Waals surface area contributed by atoms with Gasteiger partial charge in [0.25, 0.3) is 5.91 Å². The summed E-state index contributed by atoms with van der Waals surface area (Å²) in [5.74, 6) is 0.661. The summed E-state index contributed by atoms with van der Waals surface area (Å²) in [6.07, 6.45) is 0.870. The van der Waals surface area contributed by atoms with Crippen molar-refractivity contribution in [3.63, 3.8) is 0 Å². The van der Waals surface area contributed by atoms with Gasteiger partial charge >= 0.3 is 0 Å². The highest BCUT2D eigenvalue weighted by Gasteiger charge is 2.19. The summed E-state index contributed by atoms with van der Waals surface area (Å²) in [4.78, 5) is 12.9. The Labute approximate surface area is 166 Å². The lowest BCUT2D eigenvalue weighted by Gasteiger charge is -2.14. The third kappa shape index (κ3) is 4.09. The Morgan fingerprint density at radius 3 is 2.46 bits per heavy atom. The van der Waals surface area contributed by atoms with E-state index in [0.29, 0.717) is 5.69 Å². The van der Waals surface area contributed by atoms with Gasteiger partial charge in [-0.2, -0.15) is 5.10 Å². The topological polar surface area (TPSA) is 56.1 Å². The Morgan fingerprint density at radius 2 is 1.86 bits per heavy atom. The first-order valence-electron chi connectivity index (χ1n) is 9.56. The fourth-order valence-corrected chi connectivity index (χ4v) is 3.07. The van der Waals surface area contributed by atoms with Crippen LogP contribution in [0.25, 0.3) is 16.9 Å². The largest absolute Gasteiger partial charge is 0.497 e. The van der Waals surface area contributed by atoms with Gasteiger partial charge in [0.1, 0.15) is 11.4 Å². The van der Waals surface area contributed by atoms with Crippen LogP contribution < -0.4 is 10.1 Å². The SMILES string of the molecule is CCC(C)NC(=O)c1cc(-c2ccc(OC)cc2)nn1-c1ccc(C)cc1C. The van der Waals surface area contributed by atoms with Crippen molar-refractivity contribution in [2.75, 3.05) is 7.11 Å². The predicted molar refractivity (Wildman–Crippen MR) is 112 cm³/mol. The lowest BCUT2D eigenvalue weighted by molar-refractivity contribution is 0.0931. The summed E-state index contributed by atoms with van der Waals surface area (Å²) >= 11 is 0. The average Bonchev–Trinajstić information content (AvgIpc) is 3.13. The summed E-state index contributed by atoms with van der Waals surface area (Å²) in [5, 5.41) is 7.82. The molecule has 5 heteroatoms. The number of carbonyl (C=O) groups is 1. The molecule has 1 atom stereocenters. The zero-order chi connectivity index (χ0) is 20.3. The highest BCUT2D eigenvalue weighted by atomic mass is 16.5. The maximum absolute atomic E-state index is 12.9. The van der Waals surface area contributed by atoms with Crippen LogP contribution in [0.4, 0.5) is 0 Å². The summed E-state index contributed by atoms with van der Waals surface area (Å²) in [6.45, 7) is 8.14. The molecule has 3 rings (SSSR count). The minimum absolute atomic E-state index is 0.0967. The average molecular weight is 377 g/mol. The summed E-state index contributed by atoms with van der Waals surface area (Å²) in [6, 6.07) is 15.8. The fourth-order valence-electron chi connectivity index (χ4n) is 3.07. The second-order valence-corrected chi connectivity index (χ2v) is 7.13. The molecule has 3 aromatic rings. The van der Waals surface area contributed by atoms with E-state index < -0.39 is 0 Å². The van der Waals surface area contributed by atoms with E-state index in [4.69, 9.17) is 9.84 Å². The molecule has 1 N–H and O–H groups in total. The maximum atomic E-state index is 12.9. The normalized spacial score (nSPS) is 11.9. The van der Waals surface area contributed by atoms with Gasteiger partial charge in [0.15, 0.2) is 0 Å². The Bertz CT molecular complexity index is 974. The van der Waals surface area contributed by atoms with Gasteiger partial charge < -0.3 is 10.1 Å². The Morgan fingerprint density at radius 1 is 1.14 bits per heavy atom. The molecule has 1 amide bonds. The number of hydrogen-bond donors (Lipinski definition) is 1. The number of aryl methyl sites for hydroxylation is 2. The lowest BCUT2D eigenvalue weighted by atomic mass is 10.1. The van der Waals surface area contributed by atoms with Crippen molar-refractivity contribution >= 4 is 5.91 Å². The molecule has 28 heavy (non-hydrogen) atoms. The van der Waals surface area contributed by atoms with Crippen molar-refractivity contribution in [2.24, 2.45) is 0 Å². The van der Waals surface area contributed by atoms with Crippen molar-refractivity contribution in [3.8, 4) is 22.7 Å². The standard InChI is InChI=1S/C23H27N3O2/c1-6-17(4)24-23(27)22-14-20(18-8-10-19(28-5)11-9-18)25-26(22)21-12-7-15(2)13-16(21)3/h7-14,17H,6H2,1-5H3,(H,24,27). The maximum Gasteiger partial charge on any atom is 0.270 e. The number of benzene rings is 2. The lowest BCUT2D eigenvalue weighted by Crippen LogP contribution is -2.33. The molecule has 1 unspecified atom stereocenters. The molecule has 0 aliphatic rings. The van der Waals surface area contributed by atoms with Crippen LogP contribution in [0, 0.1) is 13.8 Å². The first-order valence-corrected chi connectivity index (χ1v) is 9.56. The number of aromatic nitrogens is 2. The number of ether oxygens (including phenoxy) is 1. The van der Waals surface area contributed by atoms with Crippen molar-refractivity contribution in [1.29, 1.82) is 0 Å². The van der Waals surface area contributed by atoms with Crippen LogP contribution in [0.3, 0.4) is 0 Å². The summed E-state index contributed by atoms with van der Waals surface area (Å²) in [5.41, 5.74) is 5.35. The summed E-state index contributed by atoms with van der Waals surface area (Å²) < 4.78 is 6.98. The van der Waals surface area contributed by atoms with Gasteiger partial charge in [-0.15, -0.1) is 0 Å². The van der Waals surface area contributed by atoms with Crippen LogP contribution in [-0.4, -0.2) is 28.8 Å². The van der Waals surface area contributed by atoms with E-state index in [1.807, 2.05) is 56.3 Å². The molecule has 0 spiro atoms. The molecule has 146 valence electrons. The third-order valence-electron chi connectivity index (χ3n) is 4.90. The fraction of sp³-hybridized carbons (Fsp3) is 0.304. The minimum Gasteiger partial charge on any atom is -0.497 e. The molecule has 0 saturated carbocycles. The van der Waals surface area contributed by atoms with Crippen molar-refractivity contribution in [3.05, 3.63) is 65.4 Å². The number of methoxy groups -OCH3 is 1. The Kier molecular flexibility index (Phi) is 5.83. The molecule has 0 aliphatic heterocycles. The molecule has 1 heterocycles. The molecule has 0 saturated heterocycles. The molecule has 2 aromatic carbocycles. The van der Waals surface area contributed by atoms with Gasteiger partial charge in [-0.1, -0.05) is 24.6 Å². The smallest absolute Gasteiger partial charge is 0.270 e. The molecular formula is C23H27N3O2. The van der Waals surface area contributed by atoms with Gasteiger partial charge in [0.2, 0.25) is 0 Å². The van der Waals surface area contributed by atoms with Gasteiger partial charge in [-0.3, -0.25) is 4.79 Å². The van der Waals surface area contributed by atoms with Crippen LogP contribution >= 0.6 is 0 Å².